The Hall–Kier alpha value is -2.19. The average Bonchev–Trinajstić information content (AvgIpc) is 2.54. The Morgan fingerprint density at radius 1 is 1.09 bits per heavy atom. The van der Waals surface area contributed by atoms with Gasteiger partial charge in [0.25, 0.3) is 5.91 Å². The maximum Gasteiger partial charge on any atom is 0.267 e. The van der Waals surface area contributed by atoms with Gasteiger partial charge in [0.1, 0.15) is 11.6 Å². The minimum atomic E-state index is -0.599. The molecule has 7 heteroatoms. The number of carbonyl (C=O) groups is 1. The first-order valence-electron chi connectivity index (χ1n) is 6.39. The summed E-state index contributed by atoms with van der Waals surface area (Å²) in [6.07, 6.45) is 1.30. The highest BCUT2D eigenvalue weighted by atomic mass is 35.5. The monoisotopic (exact) mass is 365 g/mol. The van der Waals surface area contributed by atoms with Crippen molar-refractivity contribution in [3.05, 3.63) is 69.3 Å². The average molecular weight is 367 g/mol. The summed E-state index contributed by atoms with van der Waals surface area (Å²) in [6, 6.07) is 13.5. The number of hydrogen-bond donors (Lipinski definition) is 2. The molecule has 23 heavy (non-hydrogen) atoms. The summed E-state index contributed by atoms with van der Waals surface area (Å²) < 4.78 is 0. The van der Waals surface area contributed by atoms with Crippen LogP contribution in [0.2, 0.25) is 15.1 Å². The molecule has 0 radical (unpaired) electrons. The highest BCUT2D eigenvalue weighted by molar-refractivity contribution is 6.44. The van der Waals surface area contributed by atoms with Crippen LogP contribution >= 0.6 is 34.8 Å². The summed E-state index contributed by atoms with van der Waals surface area (Å²) in [4.78, 5) is 12.1. The Balaban J connectivity index is 2.12. The Kier molecular flexibility index (Phi) is 5.89. The van der Waals surface area contributed by atoms with Crippen molar-refractivity contribution in [1.82, 2.24) is 0 Å². The summed E-state index contributed by atoms with van der Waals surface area (Å²) in [5, 5.41) is 15.6. The molecular weight excluding hydrogens is 357 g/mol. The lowest BCUT2D eigenvalue weighted by molar-refractivity contribution is -0.112. The Morgan fingerprint density at radius 3 is 2.43 bits per heavy atom. The van der Waals surface area contributed by atoms with Gasteiger partial charge in [0, 0.05) is 16.9 Å². The number of hydrogen-bond acceptors (Lipinski definition) is 3. The van der Waals surface area contributed by atoms with E-state index in [9.17, 15) is 4.79 Å². The van der Waals surface area contributed by atoms with Gasteiger partial charge < -0.3 is 10.6 Å². The smallest absolute Gasteiger partial charge is 0.267 e. The van der Waals surface area contributed by atoms with Gasteiger partial charge in [-0.05, 0) is 36.4 Å². The van der Waals surface area contributed by atoms with E-state index in [1.807, 2.05) is 6.07 Å². The van der Waals surface area contributed by atoms with Crippen LogP contribution in [0.15, 0.2) is 54.2 Å². The second-order valence-corrected chi connectivity index (χ2v) is 5.60. The van der Waals surface area contributed by atoms with E-state index in [0.29, 0.717) is 21.4 Å². The van der Waals surface area contributed by atoms with E-state index in [2.05, 4.69) is 10.6 Å². The number of nitrogens with zero attached hydrogens (tertiary/aromatic N) is 1. The van der Waals surface area contributed by atoms with Crippen LogP contribution in [0.1, 0.15) is 0 Å². The lowest BCUT2D eigenvalue weighted by Gasteiger charge is -2.08. The highest BCUT2D eigenvalue weighted by Gasteiger charge is 2.12. The molecule has 0 unspecified atom stereocenters. The highest BCUT2D eigenvalue weighted by Crippen LogP contribution is 2.29. The number of halogens is 3. The van der Waals surface area contributed by atoms with E-state index >= 15 is 0 Å². The van der Waals surface area contributed by atoms with Gasteiger partial charge in [0.05, 0.1) is 15.7 Å². The number of benzene rings is 2. The van der Waals surface area contributed by atoms with Crippen molar-refractivity contribution in [1.29, 1.82) is 5.26 Å². The number of nitriles is 1. The van der Waals surface area contributed by atoms with Gasteiger partial charge in [0.2, 0.25) is 0 Å². The van der Waals surface area contributed by atoms with Crippen LogP contribution < -0.4 is 10.6 Å². The molecule has 0 saturated carbocycles. The minimum Gasteiger partial charge on any atom is -0.360 e. The molecule has 0 fully saturated rings. The summed E-state index contributed by atoms with van der Waals surface area (Å²) in [5.74, 6) is -0.599. The molecular formula is C16H10Cl3N3O. The molecule has 2 N–H and O–H groups in total. The number of amides is 1. The van der Waals surface area contributed by atoms with Crippen LogP contribution in [0.3, 0.4) is 0 Å². The molecule has 1 amide bonds. The molecule has 0 heterocycles. The molecule has 0 saturated heterocycles. The fourth-order valence-corrected chi connectivity index (χ4v) is 2.11. The molecule has 2 aromatic carbocycles. The van der Waals surface area contributed by atoms with Gasteiger partial charge in [-0.15, -0.1) is 0 Å². The fraction of sp³-hybridized carbons (Fsp3) is 0. The predicted molar refractivity (Wildman–Crippen MR) is 93.9 cm³/mol. The van der Waals surface area contributed by atoms with E-state index in [-0.39, 0.29) is 10.6 Å². The van der Waals surface area contributed by atoms with Crippen molar-refractivity contribution in [2.45, 2.75) is 0 Å². The first-order chi connectivity index (χ1) is 11.0. The molecule has 2 rings (SSSR count). The third kappa shape index (κ3) is 4.64. The Labute approximate surface area is 148 Å². The largest absolute Gasteiger partial charge is 0.360 e. The molecule has 116 valence electrons. The van der Waals surface area contributed by atoms with Crippen molar-refractivity contribution >= 4 is 52.1 Å². The first-order valence-corrected chi connectivity index (χ1v) is 7.52. The van der Waals surface area contributed by atoms with Crippen LogP contribution in [0, 0.1) is 11.3 Å². The van der Waals surface area contributed by atoms with Gasteiger partial charge in [-0.25, -0.2) is 0 Å². The number of carbonyl (C=O) groups excluding carboxylic acids is 1. The third-order valence-corrected chi connectivity index (χ3v) is 3.86. The summed E-state index contributed by atoms with van der Waals surface area (Å²) >= 11 is 17.7. The van der Waals surface area contributed by atoms with E-state index < -0.39 is 5.91 Å². The third-order valence-electron chi connectivity index (χ3n) is 2.79. The number of anilines is 2. The first kappa shape index (κ1) is 17.2. The van der Waals surface area contributed by atoms with Crippen molar-refractivity contribution in [3.8, 4) is 6.07 Å². The van der Waals surface area contributed by atoms with E-state index in [4.69, 9.17) is 40.1 Å². The van der Waals surface area contributed by atoms with Gasteiger partial charge >= 0.3 is 0 Å². The molecule has 2 aromatic rings. The van der Waals surface area contributed by atoms with Crippen LogP contribution in [-0.4, -0.2) is 5.91 Å². The van der Waals surface area contributed by atoms with Crippen molar-refractivity contribution < 1.29 is 4.79 Å². The second-order valence-electron chi connectivity index (χ2n) is 4.38. The van der Waals surface area contributed by atoms with E-state index in [1.54, 1.807) is 42.5 Å². The van der Waals surface area contributed by atoms with Crippen LogP contribution in [-0.2, 0) is 4.79 Å². The molecule has 0 aliphatic rings. The Morgan fingerprint density at radius 2 is 1.78 bits per heavy atom. The zero-order chi connectivity index (χ0) is 16.8. The zero-order valence-corrected chi connectivity index (χ0v) is 13.9. The van der Waals surface area contributed by atoms with Crippen molar-refractivity contribution in [3.63, 3.8) is 0 Å². The maximum atomic E-state index is 12.1. The predicted octanol–water partition coefficient (Wildman–Crippen LogP) is 5.10. The quantitative estimate of drug-likeness (QED) is 0.584. The van der Waals surface area contributed by atoms with Crippen molar-refractivity contribution in [2.24, 2.45) is 0 Å². The lowest BCUT2D eigenvalue weighted by Crippen LogP contribution is -2.14. The molecule has 0 bridgehead atoms. The molecule has 0 spiro atoms. The topological polar surface area (TPSA) is 64.9 Å². The molecule has 0 aliphatic heterocycles. The van der Waals surface area contributed by atoms with Crippen LogP contribution in [0.25, 0.3) is 0 Å². The Bertz CT molecular complexity index is 795. The van der Waals surface area contributed by atoms with Gasteiger partial charge in [-0.2, -0.15) is 5.26 Å². The van der Waals surface area contributed by atoms with E-state index in [0.717, 1.165) is 0 Å². The number of nitrogens with one attached hydrogen (secondary N) is 2. The number of rotatable bonds is 4. The van der Waals surface area contributed by atoms with Gasteiger partial charge in [-0.1, -0.05) is 40.9 Å². The maximum absolute atomic E-state index is 12.1. The van der Waals surface area contributed by atoms with Gasteiger partial charge in [-0.3, -0.25) is 4.79 Å². The zero-order valence-electron chi connectivity index (χ0n) is 11.6. The minimum absolute atomic E-state index is 0.115. The molecule has 0 atom stereocenters. The van der Waals surface area contributed by atoms with Crippen LogP contribution in [0.5, 0.6) is 0 Å². The second kappa shape index (κ2) is 7.89. The SMILES string of the molecule is N#C/C(=C/Nc1ccc(Cl)cc1)C(=O)Nc1cccc(Cl)c1Cl. The van der Waals surface area contributed by atoms with Crippen molar-refractivity contribution in [2.75, 3.05) is 10.6 Å². The van der Waals surface area contributed by atoms with E-state index in [1.165, 1.54) is 6.20 Å². The summed E-state index contributed by atoms with van der Waals surface area (Å²) in [7, 11) is 0. The molecule has 4 nitrogen and oxygen atoms in total. The normalized spacial score (nSPS) is 10.8. The molecule has 0 aromatic heterocycles. The van der Waals surface area contributed by atoms with Gasteiger partial charge in [0.15, 0.2) is 0 Å². The molecule has 0 aliphatic carbocycles. The lowest BCUT2D eigenvalue weighted by atomic mass is 10.2. The standard InChI is InChI=1S/C16H10Cl3N3O/c17-11-4-6-12(7-5-11)21-9-10(8-20)16(23)22-14-3-1-2-13(18)15(14)19/h1-7,9,21H,(H,22,23)/b10-9-. The summed E-state index contributed by atoms with van der Waals surface area (Å²) in [6.45, 7) is 0. The van der Waals surface area contributed by atoms with Crippen LogP contribution in [0.4, 0.5) is 11.4 Å². The summed E-state index contributed by atoms with van der Waals surface area (Å²) in [5.41, 5.74) is 0.906. The fourth-order valence-electron chi connectivity index (χ4n) is 1.64.